The van der Waals surface area contributed by atoms with Crippen LogP contribution in [0.15, 0.2) is 12.2 Å². The fraction of sp³-hybridized carbons (Fsp3) is 0.889. The lowest BCUT2D eigenvalue weighted by atomic mass is 10.0. The number of ether oxygens (including phenoxy) is 3. The van der Waals surface area contributed by atoms with Gasteiger partial charge in [-0.25, -0.2) is 0 Å². The normalized spacial score (nSPS) is 12.0. The second-order valence-electron chi connectivity index (χ2n) is 15.0. The zero-order valence-corrected chi connectivity index (χ0v) is 34.1. The molecule has 0 aromatic heterocycles. The number of hydrogen-bond acceptors (Lipinski definition) is 6. The molecule has 1 unspecified atom stereocenters. The molecule has 51 heavy (non-hydrogen) atoms. The van der Waals surface area contributed by atoms with E-state index >= 15 is 0 Å². The molecule has 0 amide bonds. The topological polar surface area (TPSA) is 78.9 Å². The number of unbranched alkanes of at least 4 members (excludes halogenated alkanes) is 27. The molecule has 0 spiro atoms. The second-order valence-corrected chi connectivity index (χ2v) is 15.0. The molecule has 0 rings (SSSR count). The third-order valence-corrected chi connectivity index (χ3v) is 9.77. The van der Waals surface area contributed by atoms with Gasteiger partial charge in [0, 0.05) is 19.3 Å². The average Bonchev–Trinajstić information content (AvgIpc) is 3.12. The number of rotatable bonds is 40. The highest BCUT2D eigenvalue weighted by Gasteiger charge is 2.19. The summed E-state index contributed by atoms with van der Waals surface area (Å²) in [5.41, 5.74) is 0. The lowest BCUT2D eigenvalue weighted by Crippen LogP contribution is -2.30. The Hall–Kier alpha value is -1.85. The number of allylic oxidation sites excluding steroid dienone is 2. The Balaban J connectivity index is 4.35. The van der Waals surface area contributed by atoms with E-state index in [0.717, 1.165) is 64.2 Å². The summed E-state index contributed by atoms with van der Waals surface area (Å²) in [4.78, 5) is 37.6. The lowest BCUT2D eigenvalue weighted by Gasteiger charge is -2.18. The van der Waals surface area contributed by atoms with Crippen molar-refractivity contribution in [3.63, 3.8) is 0 Å². The van der Waals surface area contributed by atoms with Gasteiger partial charge in [-0.05, 0) is 38.5 Å². The first-order valence-corrected chi connectivity index (χ1v) is 22.2. The minimum absolute atomic E-state index is 0.0693. The highest BCUT2D eigenvalue weighted by molar-refractivity contribution is 5.71. The Bertz CT molecular complexity index is 794. The zero-order chi connectivity index (χ0) is 37.3. The quantitative estimate of drug-likeness (QED) is 0.0271. The van der Waals surface area contributed by atoms with E-state index in [9.17, 15) is 14.4 Å². The molecular weight excluding hydrogens is 636 g/mol. The Kier molecular flexibility index (Phi) is 39.4. The van der Waals surface area contributed by atoms with Crippen molar-refractivity contribution in [2.24, 2.45) is 0 Å². The third kappa shape index (κ3) is 39.2. The van der Waals surface area contributed by atoms with E-state index in [0.29, 0.717) is 19.3 Å². The van der Waals surface area contributed by atoms with Gasteiger partial charge in [-0.1, -0.05) is 193 Å². The highest BCUT2D eigenvalue weighted by atomic mass is 16.6. The molecule has 0 fully saturated rings. The summed E-state index contributed by atoms with van der Waals surface area (Å²) in [6.07, 6.45) is 41.9. The molecule has 0 heterocycles. The molecule has 300 valence electrons. The summed E-state index contributed by atoms with van der Waals surface area (Å²) in [5, 5.41) is 0. The van der Waals surface area contributed by atoms with Crippen molar-refractivity contribution < 1.29 is 28.6 Å². The number of carbonyl (C=O) groups excluding carboxylic acids is 3. The van der Waals surface area contributed by atoms with Crippen LogP contribution in [0.5, 0.6) is 0 Å². The molecule has 0 aliphatic heterocycles. The summed E-state index contributed by atoms with van der Waals surface area (Å²) >= 11 is 0. The molecule has 6 nitrogen and oxygen atoms in total. The minimum atomic E-state index is -0.764. The molecule has 1 atom stereocenters. The zero-order valence-electron chi connectivity index (χ0n) is 34.1. The molecule has 0 N–H and O–H groups in total. The largest absolute Gasteiger partial charge is 0.462 e. The van der Waals surface area contributed by atoms with E-state index in [4.69, 9.17) is 14.2 Å². The number of carbonyl (C=O) groups is 3. The van der Waals surface area contributed by atoms with Crippen molar-refractivity contribution in [3.8, 4) is 0 Å². The minimum Gasteiger partial charge on any atom is -0.462 e. The monoisotopic (exact) mass is 721 g/mol. The maximum atomic E-state index is 12.7. The van der Waals surface area contributed by atoms with Crippen molar-refractivity contribution in [2.45, 2.75) is 245 Å². The van der Waals surface area contributed by atoms with Crippen LogP contribution in [0.3, 0.4) is 0 Å². The van der Waals surface area contributed by atoms with Crippen molar-refractivity contribution in [3.05, 3.63) is 12.2 Å². The predicted molar refractivity (Wildman–Crippen MR) is 215 cm³/mol. The SMILES string of the molecule is CCCC/C=C\CCCCCCCC(=O)OC(COC(=O)CCCCCCCCCCCC)COC(=O)CCCCCCCCCCCCCC. The summed E-state index contributed by atoms with van der Waals surface area (Å²) in [7, 11) is 0. The summed E-state index contributed by atoms with van der Waals surface area (Å²) in [6.45, 7) is 6.58. The maximum absolute atomic E-state index is 12.7. The second kappa shape index (κ2) is 40.9. The van der Waals surface area contributed by atoms with Gasteiger partial charge in [-0.15, -0.1) is 0 Å². The highest BCUT2D eigenvalue weighted by Crippen LogP contribution is 2.15. The van der Waals surface area contributed by atoms with Gasteiger partial charge in [0.25, 0.3) is 0 Å². The van der Waals surface area contributed by atoms with Crippen molar-refractivity contribution in [1.82, 2.24) is 0 Å². The Morgan fingerprint density at radius 2 is 0.667 bits per heavy atom. The fourth-order valence-corrected chi connectivity index (χ4v) is 6.36. The van der Waals surface area contributed by atoms with Crippen molar-refractivity contribution in [2.75, 3.05) is 13.2 Å². The molecule has 0 bridgehead atoms. The van der Waals surface area contributed by atoms with Gasteiger partial charge in [0.15, 0.2) is 6.10 Å². The van der Waals surface area contributed by atoms with Crippen LogP contribution in [-0.2, 0) is 28.6 Å². The first-order valence-electron chi connectivity index (χ1n) is 22.2. The van der Waals surface area contributed by atoms with Gasteiger partial charge in [0.1, 0.15) is 13.2 Å². The van der Waals surface area contributed by atoms with Gasteiger partial charge in [0.05, 0.1) is 0 Å². The summed E-state index contributed by atoms with van der Waals surface area (Å²) < 4.78 is 16.7. The molecular formula is C45H84O6. The fourth-order valence-electron chi connectivity index (χ4n) is 6.36. The van der Waals surface area contributed by atoms with Crippen LogP contribution < -0.4 is 0 Å². The molecule has 0 saturated carbocycles. The Morgan fingerprint density at radius 3 is 1.04 bits per heavy atom. The maximum Gasteiger partial charge on any atom is 0.306 e. The first-order chi connectivity index (χ1) is 25.0. The van der Waals surface area contributed by atoms with Gasteiger partial charge in [-0.2, -0.15) is 0 Å². The smallest absolute Gasteiger partial charge is 0.306 e. The Labute approximate surface area is 316 Å². The average molecular weight is 721 g/mol. The predicted octanol–water partition coefficient (Wildman–Crippen LogP) is 13.9. The molecule has 0 aromatic rings. The van der Waals surface area contributed by atoms with E-state index in [-0.39, 0.29) is 31.1 Å². The number of hydrogen-bond donors (Lipinski definition) is 0. The van der Waals surface area contributed by atoms with Crippen LogP contribution in [0, 0.1) is 0 Å². The number of esters is 3. The molecule has 0 aliphatic rings. The van der Waals surface area contributed by atoms with Crippen LogP contribution in [0.25, 0.3) is 0 Å². The van der Waals surface area contributed by atoms with Crippen LogP contribution in [0.2, 0.25) is 0 Å². The summed E-state index contributed by atoms with van der Waals surface area (Å²) in [5.74, 6) is -0.875. The molecule has 0 saturated heterocycles. The van der Waals surface area contributed by atoms with Gasteiger partial charge >= 0.3 is 17.9 Å². The standard InChI is InChI=1S/C45H84O6/c1-4-7-10-13-16-19-22-24-26-29-32-35-38-44(47)50-41-42(40-49-43(46)37-34-31-28-25-21-18-15-12-9-6-3)51-45(48)39-36-33-30-27-23-20-17-14-11-8-5-2/h14,17,42H,4-13,15-16,18-41H2,1-3H3/b17-14-. The summed E-state index contributed by atoms with van der Waals surface area (Å²) in [6, 6.07) is 0. The van der Waals surface area contributed by atoms with Crippen LogP contribution in [0.4, 0.5) is 0 Å². The first kappa shape index (κ1) is 49.1. The van der Waals surface area contributed by atoms with E-state index in [2.05, 4.69) is 32.9 Å². The van der Waals surface area contributed by atoms with E-state index in [1.165, 1.54) is 135 Å². The van der Waals surface area contributed by atoms with E-state index in [1.54, 1.807) is 0 Å². The molecule has 0 aromatic carbocycles. The molecule has 0 aliphatic carbocycles. The van der Waals surface area contributed by atoms with Crippen LogP contribution >= 0.6 is 0 Å². The van der Waals surface area contributed by atoms with E-state index < -0.39 is 6.10 Å². The van der Waals surface area contributed by atoms with Gasteiger partial charge in [0.2, 0.25) is 0 Å². The van der Waals surface area contributed by atoms with Crippen molar-refractivity contribution in [1.29, 1.82) is 0 Å². The lowest BCUT2D eigenvalue weighted by molar-refractivity contribution is -0.167. The molecule has 0 radical (unpaired) electrons. The van der Waals surface area contributed by atoms with Crippen molar-refractivity contribution >= 4 is 17.9 Å². The molecule has 6 heteroatoms. The van der Waals surface area contributed by atoms with Crippen LogP contribution in [0.1, 0.15) is 239 Å². The van der Waals surface area contributed by atoms with E-state index in [1.807, 2.05) is 0 Å². The third-order valence-electron chi connectivity index (χ3n) is 9.77. The Morgan fingerprint density at radius 1 is 0.373 bits per heavy atom. The van der Waals surface area contributed by atoms with Crippen LogP contribution in [-0.4, -0.2) is 37.2 Å². The van der Waals surface area contributed by atoms with Gasteiger partial charge in [-0.3, -0.25) is 14.4 Å². The van der Waals surface area contributed by atoms with Gasteiger partial charge < -0.3 is 14.2 Å².